The van der Waals surface area contributed by atoms with Gasteiger partial charge in [0.25, 0.3) is 0 Å². The molecule has 3 nitrogen and oxygen atoms in total. The Morgan fingerprint density at radius 1 is 1.39 bits per heavy atom. The van der Waals surface area contributed by atoms with Crippen LogP contribution in [0.1, 0.15) is 12.8 Å². The van der Waals surface area contributed by atoms with Gasteiger partial charge in [0.05, 0.1) is 0 Å². The molecule has 0 aliphatic carbocycles. The van der Waals surface area contributed by atoms with Gasteiger partial charge in [-0.15, -0.1) is 12.4 Å². The number of halogens is 2. The van der Waals surface area contributed by atoms with E-state index in [2.05, 4.69) is 4.90 Å². The molecule has 1 aromatic carbocycles. The Balaban J connectivity index is 0.00000162. The Kier molecular flexibility index (Phi) is 6.39. The zero-order valence-corrected chi connectivity index (χ0v) is 11.2. The van der Waals surface area contributed by atoms with Crippen molar-refractivity contribution >= 4 is 12.4 Å². The summed E-state index contributed by atoms with van der Waals surface area (Å²) in [5.41, 5.74) is 5.69. The number of rotatable bonds is 5. The van der Waals surface area contributed by atoms with E-state index in [9.17, 15) is 4.39 Å². The van der Waals surface area contributed by atoms with E-state index in [-0.39, 0.29) is 18.2 Å². The second-order valence-corrected chi connectivity index (χ2v) is 4.35. The third-order valence-electron chi connectivity index (χ3n) is 3.24. The molecule has 2 rings (SSSR count). The summed E-state index contributed by atoms with van der Waals surface area (Å²) in [7, 11) is 0. The van der Waals surface area contributed by atoms with Gasteiger partial charge in [0.1, 0.15) is 6.61 Å². The van der Waals surface area contributed by atoms with E-state index in [0.29, 0.717) is 24.9 Å². The van der Waals surface area contributed by atoms with E-state index in [4.69, 9.17) is 10.5 Å². The zero-order chi connectivity index (χ0) is 12.1. The fourth-order valence-electron chi connectivity index (χ4n) is 2.29. The predicted octanol–water partition coefficient (Wildman–Crippen LogP) is 2.05. The Labute approximate surface area is 114 Å². The summed E-state index contributed by atoms with van der Waals surface area (Å²) in [4.78, 5) is 2.32. The smallest absolute Gasteiger partial charge is 0.165 e. The summed E-state index contributed by atoms with van der Waals surface area (Å²) in [6.45, 7) is 3.09. The van der Waals surface area contributed by atoms with Gasteiger partial charge in [-0.3, -0.25) is 4.90 Å². The van der Waals surface area contributed by atoms with Crippen molar-refractivity contribution in [3.63, 3.8) is 0 Å². The molecule has 1 atom stereocenters. The first-order valence-corrected chi connectivity index (χ1v) is 6.12. The van der Waals surface area contributed by atoms with Gasteiger partial charge in [-0.25, -0.2) is 4.39 Å². The zero-order valence-electron chi connectivity index (χ0n) is 10.3. The first-order valence-electron chi connectivity index (χ1n) is 6.12. The molecule has 102 valence electrons. The highest BCUT2D eigenvalue weighted by molar-refractivity contribution is 5.85. The number of hydrogen-bond donors (Lipinski definition) is 1. The molecule has 5 heteroatoms. The molecule has 0 saturated carbocycles. The van der Waals surface area contributed by atoms with Gasteiger partial charge in [-0.2, -0.15) is 0 Å². The average molecular weight is 275 g/mol. The summed E-state index contributed by atoms with van der Waals surface area (Å²) >= 11 is 0. The van der Waals surface area contributed by atoms with Crippen molar-refractivity contribution in [2.75, 3.05) is 26.2 Å². The number of benzene rings is 1. The summed E-state index contributed by atoms with van der Waals surface area (Å²) < 4.78 is 18.7. The van der Waals surface area contributed by atoms with Gasteiger partial charge in [0, 0.05) is 19.1 Å². The largest absolute Gasteiger partial charge is 0.489 e. The standard InChI is InChI=1S/C13H19FN2O.ClH/c14-12-5-1-2-6-13(12)17-9-8-16-7-3-4-11(16)10-15;/h1-2,5-6,11H,3-4,7-10,15H2;1H. The van der Waals surface area contributed by atoms with Gasteiger partial charge < -0.3 is 10.5 Å². The molecule has 1 saturated heterocycles. The van der Waals surface area contributed by atoms with Crippen LogP contribution < -0.4 is 10.5 Å². The van der Waals surface area contributed by atoms with Crippen molar-refractivity contribution in [3.05, 3.63) is 30.1 Å². The van der Waals surface area contributed by atoms with Crippen molar-refractivity contribution in [1.82, 2.24) is 4.90 Å². The third-order valence-corrected chi connectivity index (χ3v) is 3.24. The van der Waals surface area contributed by atoms with Crippen LogP contribution >= 0.6 is 12.4 Å². The first-order chi connectivity index (χ1) is 8.31. The van der Waals surface area contributed by atoms with E-state index >= 15 is 0 Å². The van der Waals surface area contributed by atoms with Crippen molar-refractivity contribution in [1.29, 1.82) is 0 Å². The lowest BCUT2D eigenvalue weighted by atomic mass is 10.2. The van der Waals surface area contributed by atoms with Crippen molar-refractivity contribution < 1.29 is 9.13 Å². The van der Waals surface area contributed by atoms with Crippen LogP contribution in [0.3, 0.4) is 0 Å². The molecule has 1 heterocycles. The maximum atomic E-state index is 13.3. The molecule has 18 heavy (non-hydrogen) atoms. The Hall–Kier alpha value is -0.840. The predicted molar refractivity (Wildman–Crippen MR) is 72.8 cm³/mol. The van der Waals surface area contributed by atoms with Gasteiger partial charge in [-0.05, 0) is 31.5 Å². The lowest BCUT2D eigenvalue weighted by Gasteiger charge is -2.22. The number of hydrogen-bond acceptors (Lipinski definition) is 3. The van der Waals surface area contributed by atoms with Gasteiger partial charge in [0.15, 0.2) is 11.6 Å². The van der Waals surface area contributed by atoms with Crippen LogP contribution in [-0.2, 0) is 0 Å². The van der Waals surface area contributed by atoms with Crippen LogP contribution in [0.4, 0.5) is 4.39 Å². The molecule has 1 aliphatic heterocycles. The molecule has 0 amide bonds. The molecule has 0 bridgehead atoms. The van der Waals surface area contributed by atoms with E-state index in [1.165, 1.54) is 12.5 Å². The summed E-state index contributed by atoms with van der Waals surface area (Å²) in [5.74, 6) is 0.0280. The lowest BCUT2D eigenvalue weighted by Crippen LogP contribution is -2.37. The molecule has 2 N–H and O–H groups in total. The number of ether oxygens (including phenoxy) is 1. The van der Waals surface area contributed by atoms with Crippen LogP contribution in [0.5, 0.6) is 5.75 Å². The fraction of sp³-hybridized carbons (Fsp3) is 0.538. The van der Waals surface area contributed by atoms with E-state index < -0.39 is 0 Å². The highest BCUT2D eigenvalue weighted by Crippen LogP contribution is 2.17. The molecule has 1 aromatic rings. The maximum absolute atomic E-state index is 13.3. The Morgan fingerprint density at radius 3 is 2.89 bits per heavy atom. The molecule has 0 radical (unpaired) electrons. The fourth-order valence-corrected chi connectivity index (χ4v) is 2.29. The molecule has 1 aliphatic rings. The van der Waals surface area contributed by atoms with Gasteiger partial charge in [0.2, 0.25) is 0 Å². The Bertz CT molecular complexity index is 365. The topological polar surface area (TPSA) is 38.5 Å². The SMILES string of the molecule is Cl.NCC1CCCN1CCOc1ccccc1F. The molecular formula is C13H20ClFN2O. The third kappa shape index (κ3) is 3.83. The monoisotopic (exact) mass is 274 g/mol. The van der Waals surface area contributed by atoms with Crippen molar-refractivity contribution in [3.8, 4) is 5.75 Å². The summed E-state index contributed by atoms with van der Waals surface area (Å²) in [6, 6.07) is 6.97. The number of nitrogens with two attached hydrogens (primary N) is 1. The molecule has 1 unspecified atom stereocenters. The Morgan fingerprint density at radius 2 is 2.17 bits per heavy atom. The van der Waals surface area contributed by atoms with Crippen LogP contribution in [0.2, 0.25) is 0 Å². The maximum Gasteiger partial charge on any atom is 0.165 e. The minimum Gasteiger partial charge on any atom is -0.489 e. The number of nitrogens with zero attached hydrogens (tertiary/aromatic N) is 1. The normalized spacial score (nSPS) is 19.6. The van der Waals surface area contributed by atoms with Crippen molar-refractivity contribution in [2.24, 2.45) is 5.73 Å². The van der Waals surface area contributed by atoms with Crippen LogP contribution in [0.25, 0.3) is 0 Å². The number of para-hydroxylation sites is 1. The first kappa shape index (κ1) is 15.2. The molecule has 1 fully saturated rings. The van der Waals surface area contributed by atoms with E-state index in [1.807, 2.05) is 0 Å². The van der Waals surface area contributed by atoms with E-state index in [0.717, 1.165) is 19.5 Å². The van der Waals surface area contributed by atoms with Gasteiger partial charge >= 0.3 is 0 Å². The highest BCUT2D eigenvalue weighted by atomic mass is 35.5. The highest BCUT2D eigenvalue weighted by Gasteiger charge is 2.22. The molecule has 0 spiro atoms. The van der Waals surface area contributed by atoms with Crippen LogP contribution in [-0.4, -0.2) is 37.2 Å². The van der Waals surface area contributed by atoms with Crippen LogP contribution in [0.15, 0.2) is 24.3 Å². The van der Waals surface area contributed by atoms with Crippen molar-refractivity contribution in [2.45, 2.75) is 18.9 Å². The molecule has 0 aromatic heterocycles. The second-order valence-electron chi connectivity index (χ2n) is 4.35. The average Bonchev–Trinajstić information content (AvgIpc) is 2.79. The quantitative estimate of drug-likeness (QED) is 0.893. The second kappa shape index (κ2) is 7.56. The summed E-state index contributed by atoms with van der Waals surface area (Å²) in [5, 5.41) is 0. The molecular weight excluding hydrogens is 255 g/mol. The summed E-state index contributed by atoms with van der Waals surface area (Å²) in [6.07, 6.45) is 2.36. The van der Waals surface area contributed by atoms with Crippen LogP contribution in [0, 0.1) is 5.82 Å². The minimum absolute atomic E-state index is 0. The lowest BCUT2D eigenvalue weighted by molar-refractivity contribution is 0.195. The minimum atomic E-state index is -0.302. The van der Waals surface area contributed by atoms with E-state index in [1.54, 1.807) is 18.2 Å². The van der Waals surface area contributed by atoms with Gasteiger partial charge in [-0.1, -0.05) is 12.1 Å². The number of likely N-dealkylation sites (tertiary alicyclic amines) is 1.